The fourth-order valence-corrected chi connectivity index (χ4v) is 3.31. The first-order valence-electron chi connectivity index (χ1n) is 5.71. The smallest absolute Gasteiger partial charge is 0.207 e. The van der Waals surface area contributed by atoms with E-state index in [0.717, 1.165) is 16.4 Å². The molecule has 0 unspecified atom stereocenters. The van der Waals surface area contributed by atoms with Crippen LogP contribution in [-0.2, 0) is 16.2 Å². The topological polar surface area (TPSA) is 61.2 Å². The van der Waals surface area contributed by atoms with Crippen LogP contribution in [0.1, 0.15) is 11.1 Å². The third kappa shape index (κ3) is 4.12. The summed E-state index contributed by atoms with van der Waals surface area (Å²) in [4.78, 5) is -0.323. The normalized spacial score (nSPS) is 12.4. The predicted octanol–water partition coefficient (Wildman–Crippen LogP) is 2.56. The molecule has 1 aromatic rings. The Labute approximate surface area is 125 Å². The number of halogens is 3. The highest BCUT2D eigenvalue weighted by molar-refractivity contribution is 7.98. The predicted molar refractivity (Wildman–Crippen MR) is 74.4 cm³/mol. The van der Waals surface area contributed by atoms with Gasteiger partial charge in [-0.3, -0.25) is 0 Å². The molecule has 0 amide bonds. The van der Waals surface area contributed by atoms with E-state index in [4.69, 9.17) is 5.26 Å². The lowest BCUT2D eigenvalue weighted by molar-refractivity contribution is -0.137. The van der Waals surface area contributed by atoms with E-state index in [1.165, 1.54) is 24.9 Å². The number of rotatable bonds is 5. The van der Waals surface area contributed by atoms with Crippen molar-refractivity contribution < 1.29 is 21.6 Å². The highest BCUT2D eigenvalue weighted by Crippen LogP contribution is 2.33. The summed E-state index contributed by atoms with van der Waals surface area (Å²) in [5, 5.41) is 8.79. The number of benzene rings is 1. The minimum Gasteiger partial charge on any atom is -0.207 e. The van der Waals surface area contributed by atoms with Gasteiger partial charge in [0, 0.05) is 19.3 Å². The molecule has 1 rings (SSSR count). The van der Waals surface area contributed by atoms with Crippen LogP contribution in [0.25, 0.3) is 0 Å². The van der Waals surface area contributed by atoms with Gasteiger partial charge >= 0.3 is 6.18 Å². The van der Waals surface area contributed by atoms with E-state index in [9.17, 15) is 21.6 Å². The van der Waals surface area contributed by atoms with E-state index in [1.54, 1.807) is 0 Å². The molecule has 0 saturated heterocycles. The van der Waals surface area contributed by atoms with Gasteiger partial charge in [0.05, 0.1) is 22.1 Å². The minimum absolute atomic E-state index is 0.229. The summed E-state index contributed by atoms with van der Waals surface area (Å²) in [6.45, 7) is 0.229. The van der Waals surface area contributed by atoms with Crippen molar-refractivity contribution in [2.45, 2.75) is 11.1 Å². The highest BCUT2D eigenvalue weighted by atomic mass is 32.2. The average Bonchev–Trinajstić information content (AvgIpc) is 2.42. The molecule has 0 aliphatic rings. The zero-order valence-corrected chi connectivity index (χ0v) is 12.9. The molecule has 0 atom stereocenters. The quantitative estimate of drug-likeness (QED) is 0.828. The van der Waals surface area contributed by atoms with Crippen molar-refractivity contribution in [1.29, 1.82) is 5.26 Å². The van der Waals surface area contributed by atoms with Gasteiger partial charge in [0.1, 0.15) is 0 Å². The van der Waals surface area contributed by atoms with Crippen LogP contribution >= 0.6 is 11.8 Å². The second-order valence-electron chi connectivity index (χ2n) is 4.14. The maximum atomic E-state index is 12.7. The van der Waals surface area contributed by atoms with Crippen molar-refractivity contribution in [3.63, 3.8) is 0 Å². The molecule has 9 heteroatoms. The number of thioether (sulfide) groups is 1. The van der Waals surface area contributed by atoms with E-state index >= 15 is 0 Å². The summed E-state index contributed by atoms with van der Waals surface area (Å²) >= 11 is 1.45. The summed E-state index contributed by atoms with van der Waals surface area (Å²) in [7, 11) is -2.56. The van der Waals surface area contributed by atoms with Crippen LogP contribution < -0.4 is 0 Å². The second kappa shape index (κ2) is 6.68. The molecule has 4 nitrogen and oxygen atoms in total. The third-order valence-electron chi connectivity index (χ3n) is 2.74. The molecule has 0 radical (unpaired) electrons. The molecular weight excluding hydrogens is 325 g/mol. The fraction of sp³-hybridized carbons (Fsp3) is 0.417. The van der Waals surface area contributed by atoms with E-state index < -0.39 is 27.3 Å². The standard InChI is InChI=1S/C12H13F3N2O2S2/c1-17(5-6-20-2)21(18,19)10-3-4-11(12(13,14)15)9(7-10)8-16/h3-4,7H,5-6H2,1-2H3. The Balaban J connectivity index is 3.25. The second-order valence-corrected chi connectivity index (χ2v) is 7.17. The van der Waals surface area contributed by atoms with Gasteiger partial charge in [-0.2, -0.15) is 30.2 Å². The van der Waals surface area contributed by atoms with Gasteiger partial charge in [0.2, 0.25) is 10.0 Å². The summed E-state index contributed by atoms with van der Waals surface area (Å²) in [5.74, 6) is 0.557. The molecule has 21 heavy (non-hydrogen) atoms. The number of sulfonamides is 1. The molecule has 0 heterocycles. The number of nitrogens with zero attached hydrogens (tertiary/aromatic N) is 2. The molecule has 116 valence electrons. The SMILES string of the molecule is CSCCN(C)S(=O)(=O)c1ccc(C(F)(F)F)c(C#N)c1. The molecule has 0 N–H and O–H groups in total. The molecular formula is C12H13F3N2O2S2. The molecule has 0 spiro atoms. The van der Waals surface area contributed by atoms with Crippen LogP contribution in [0.2, 0.25) is 0 Å². The van der Waals surface area contributed by atoms with Crippen LogP contribution in [0.5, 0.6) is 0 Å². The first-order chi connectivity index (χ1) is 9.64. The highest BCUT2D eigenvalue weighted by Gasteiger charge is 2.34. The van der Waals surface area contributed by atoms with Gasteiger partial charge < -0.3 is 0 Å². The molecule has 0 aromatic heterocycles. The summed E-state index contributed by atoms with van der Waals surface area (Å²) in [5.41, 5.74) is -1.85. The zero-order chi connectivity index (χ0) is 16.3. The van der Waals surface area contributed by atoms with Crippen LogP contribution in [0.4, 0.5) is 13.2 Å². The van der Waals surface area contributed by atoms with E-state index in [-0.39, 0.29) is 11.4 Å². The Morgan fingerprint density at radius 1 is 1.38 bits per heavy atom. The Bertz CT molecular complexity index is 651. The molecule has 0 saturated carbocycles. The number of nitriles is 1. The van der Waals surface area contributed by atoms with Gasteiger partial charge in [-0.15, -0.1) is 0 Å². The Hall–Kier alpha value is -1.24. The van der Waals surface area contributed by atoms with E-state index in [0.29, 0.717) is 11.8 Å². The van der Waals surface area contributed by atoms with E-state index in [2.05, 4.69) is 0 Å². The van der Waals surface area contributed by atoms with Gasteiger partial charge in [-0.05, 0) is 24.5 Å². The summed E-state index contributed by atoms with van der Waals surface area (Å²) < 4.78 is 63.5. The molecule has 1 aromatic carbocycles. The lowest BCUT2D eigenvalue weighted by atomic mass is 10.1. The van der Waals surface area contributed by atoms with E-state index in [1.807, 2.05) is 6.26 Å². The largest absolute Gasteiger partial charge is 0.417 e. The molecule has 0 bridgehead atoms. The van der Waals surface area contributed by atoms with Crippen molar-refractivity contribution in [1.82, 2.24) is 4.31 Å². The van der Waals surface area contributed by atoms with Crippen molar-refractivity contribution in [2.75, 3.05) is 25.6 Å². The average molecular weight is 338 g/mol. The maximum Gasteiger partial charge on any atom is 0.417 e. The number of hydrogen-bond acceptors (Lipinski definition) is 4. The van der Waals surface area contributed by atoms with Gasteiger partial charge in [-0.25, -0.2) is 12.7 Å². The lowest BCUT2D eigenvalue weighted by Gasteiger charge is -2.17. The maximum absolute atomic E-state index is 12.7. The number of alkyl halides is 3. The zero-order valence-electron chi connectivity index (χ0n) is 11.3. The Kier molecular flexibility index (Phi) is 5.67. The fourth-order valence-electron chi connectivity index (χ4n) is 1.54. The van der Waals surface area contributed by atoms with Gasteiger partial charge in [0.15, 0.2) is 0 Å². The van der Waals surface area contributed by atoms with Crippen molar-refractivity contribution in [3.8, 4) is 6.07 Å². The monoisotopic (exact) mass is 338 g/mol. The Morgan fingerprint density at radius 2 is 2.00 bits per heavy atom. The first-order valence-corrected chi connectivity index (χ1v) is 8.54. The van der Waals surface area contributed by atoms with Gasteiger partial charge in [0.25, 0.3) is 0 Å². The number of hydrogen-bond donors (Lipinski definition) is 0. The summed E-state index contributed by atoms with van der Waals surface area (Å²) in [6.07, 6.45) is -2.88. The van der Waals surface area contributed by atoms with Crippen LogP contribution in [0, 0.1) is 11.3 Å². The van der Waals surface area contributed by atoms with Gasteiger partial charge in [-0.1, -0.05) is 0 Å². The molecule has 0 aliphatic heterocycles. The van der Waals surface area contributed by atoms with Crippen LogP contribution in [-0.4, -0.2) is 38.3 Å². The summed E-state index contributed by atoms with van der Waals surface area (Å²) in [6, 6.07) is 3.64. The third-order valence-corrected chi connectivity index (χ3v) is 5.18. The van der Waals surface area contributed by atoms with Crippen LogP contribution in [0.3, 0.4) is 0 Å². The van der Waals surface area contributed by atoms with Crippen molar-refractivity contribution in [2.24, 2.45) is 0 Å². The minimum atomic E-state index is -4.70. The Morgan fingerprint density at radius 3 is 2.48 bits per heavy atom. The first kappa shape index (κ1) is 17.8. The molecule has 0 aliphatic carbocycles. The van der Waals surface area contributed by atoms with Crippen LogP contribution in [0.15, 0.2) is 23.1 Å². The molecule has 0 fully saturated rings. The van der Waals surface area contributed by atoms with Crippen molar-refractivity contribution >= 4 is 21.8 Å². The lowest BCUT2D eigenvalue weighted by Crippen LogP contribution is -2.29. The van der Waals surface area contributed by atoms with Crippen molar-refractivity contribution in [3.05, 3.63) is 29.3 Å².